The third kappa shape index (κ3) is 4.48. The van der Waals surface area contributed by atoms with Crippen LogP contribution in [0.3, 0.4) is 0 Å². The molecule has 1 aromatic rings. The molecule has 116 valence electrons. The van der Waals surface area contributed by atoms with Gasteiger partial charge in [0.2, 0.25) is 0 Å². The summed E-state index contributed by atoms with van der Waals surface area (Å²) < 4.78 is 38.8. The molecule has 3 heteroatoms. The topological polar surface area (TPSA) is 0 Å². The Morgan fingerprint density at radius 3 is 2.33 bits per heavy atom. The molecule has 0 saturated carbocycles. The highest BCUT2D eigenvalue weighted by Gasteiger charge is 2.31. The van der Waals surface area contributed by atoms with Crippen LogP contribution in [0.1, 0.15) is 56.7 Å². The van der Waals surface area contributed by atoms with Crippen molar-refractivity contribution in [3.63, 3.8) is 0 Å². The summed E-state index contributed by atoms with van der Waals surface area (Å²) in [6.07, 6.45) is 2.45. The fraction of sp³-hybridized carbons (Fsp3) is 0.444. The second kappa shape index (κ2) is 7.48. The molecular formula is C18H23F3. The Bertz CT molecular complexity index is 534. The molecule has 0 atom stereocenters. The second-order valence-corrected chi connectivity index (χ2v) is 5.12. The number of hydrogen-bond donors (Lipinski definition) is 0. The zero-order valence-corrected chi connectivity index (χ0v) is 13.1. The molecule has 0 amide bonds. The van der Waals surface area contributed by atoms with Gasteiger partial charge in [-0.3, -0.25) is 0 Å². The van der Waals surface area contributed by atoms with Crippen molar-refractivity contribution >= 4 is 5.57 Å². The molecule has 21 heavy (non-hydrogen) atoms. The molecule has 0 aromatic heterocycles. The average molecular weight is 296 g/mol. The number of aryl methyl sites for hydroxylation is 1. The first-order valence-electron chi connectivity index (χ1n) is 7.39. The largest absolute Gasteiger partial charge is 0.416 e. The zero-order valence-electron chi connectivity index (χ0n) is 13.1. The van der Waals surface area contributed by atoms with E-state index in [0.717, 1.165) is 42.0 Å². The maximum Gasteiger partial charge on any atom is 0.416 e. The minimum atomic E-state index is -4.30. The summed E-state index contributed by atoms with van der Waals surface area (Å²) in [6, 6.07) is 3.97. The number of rotatable bonds is 5. The van der Waals surface area contributed by atoms with Gasteiger partial charge in [0.1, 0.15) is 0 Å². The van der Waals surface area contributed by atoms with Gasteiger partial charge < -0.3 is 0 Å². The van der Waals surface area contributed by atoms with E-state index in [1.54, 1.807) is 6.07 Å². The Morgan fingerprint density at radius 2 is 1.86 bits per heavy atom. The highest BCUT2D eigenvalue weighted by atomic mass is 19.4. The summed E-state index contributed by atoms with van der Waals surface area (Å²) >= 11 is 0. The molecule has 0 bridgehead atoms. The van der Waals surface area contributed by atoms with Gasteiger partial charge in [0.25, 0.3) is 0 Å². The van der Waals surface area contributed by atoms with Crippen molar-refractivity contribution in [2.75, 3.05) is 0 Å². The lowest BCUT2D eigenvalue weighted by Crippen LogP contribution is -2.06. The van der Waals surface area contributed by atoms with Gasteiger partial charge in [-0.1, -0.05) is 38.5 Å². The van der Waals surface area contributed by atoms with Gasteiger partial charge in [0, 0.05) is 0 Å². The monoisotopic (exact) mass is 296 g/mol. The molecular weight excluding hydrogens is 273 g/mol. The Kier molecular flexibility index (Phi) is 6.25. The zero-order chi connectivity index (χ0) is 16.0. The Morgan fingerprint density at radius 1 is 1.19 bits per heavy atom. The van der Waals surface area contributed by atoms with E-state index in [0.29, 0.717) is 5.56 Å². The van der Waals surface area contributed by atoms with Crippen LogP contribution in [-0.2, 0) is 6.18 Å². The van der Waals surface area contributed by atoms with Crippen LogP contribution in [0.25, 0.3) is 5.57 Å². The van der Waals surface area contributed by atoms with E-state index in [1.807, 2.05) is 26.8 Å². The van der Waals surface area contributed by atoms with E-state index in [-0.39, 0.29) is 0 Å². The number of benzene rings is 1. The average Bonchev–Trinajstić information content (AvgIpc) is 2.40. The molecule has 1 rings (SSSR count). The van der Waals surface area contributed by atoms with Gasteiger partial charge in [0.15, 0.2) is 0 Å². The van der Waals surface area contributed by atoms with E-state index in [4.69, 9.17) is 0 Å². The van der Waals surface area contributed by atoms with Crippen molar-refractivity contribution in [3.8, 4) is 0 Å². The Labute approximate surface area is 125 Å². The van der Waals surface area contributed by atoms with E-state index < -0.39 is 11.7 Å². The van der Waals surface area contributed by atoms with Crippen LogP contribution in [0.15, 0.2) is 35.9 Å². The van der Waals surface area contributed by atoms with Gasteiger partial charge in [0.05, 0.1) is 5.56 Å². The van der Waals surface area contributed by atoms with Crippen LogP contribution in [-0.4, -0.2) is 0 Å². The predicted molar refractivity (Wildman–Crippen MR) is 83.1 cm³/mol. The number of hydrogen-bond acceptors (Lipinski definition) is 0. The molecule has 0 fully saturated rings. The molecule has 0 aliphatic heterocycles. The van der Waals surface area contributed by atoms with Crippen molar-refractivity contribution in [2.45, 2.75) is 53.1 Å². The molecule has 0 unspecified atom stereocenters. The minimum absolute atomic E-state index is 0.588. The fourth-order valence-electron chi connectivity index (χ4n) is 2.46. The highest BCUT2D eigenvalue weighted by Crippen LogP contribution is 2.35. The van der Waals surface area contributed by atoms with Gasteiger partial charge in [-0.25, -0.2) is 0 Å². The first-order chi connectivity index (χ1) is 9.85. The van der Waals surface area contributed by atoms with Gasteiger partial charge in [-0.05, 0) is 61.1 Å². The lowest BCUT2D eigenvalue weighted by molar-refractivity contribution is -0.137. The third-order valence-electron chi connectivity index (χ3n) is 3.46. The summed E-state index contributed by atoms with van der Waals surface area (Å²) in [7, 11) is 0. The molecule has 1 aromatic carbocycles. The summed E-state index contributed by atoms with van der Waals surface area (Å²) in [5.41, 5.74) is 3.01. The minimum Gasteiger partial charge on any atom is -0.166 e. The Hall–Kier alpha value is -1.51. The first kappa shape index (κ1) is 17.5. The number of halogens is 3. The van der Waals surface area contributed by atoms with Crippen LogP contribution < -0.4 is 0 Å². The van der Waals surface area contributed by atoms with Crippen molar-refractivity contribution in [1.29, 1.82) is 0 Å². The molecule has 0 N–H and O–H groups in total. The van der Waals surface area contributed by atoms with E-state index in [9.17, 15) is 13.2 Å². The molecule has 0 radical (unpaired) electrons. The van der Waals surface area contributed by atoms with Crippen LogP contribution in [0.2, 0.25) is 0 Å². The van der Waals surface area contributed by atoms with Gasteiger partial charge in [-0.2, -0.15) is 13.2 Å². The molecule has 0 nitrogen and oxygen atoms in total. The molecule has 0 heterocycles. The van der Waals surface area contributed by atoms with Crippen LogP contribution in [0.4, 0.5) is 13.2 Å². The van der Waals surface area contributed by atoms with Crippen molar-refractivity contribution < 1.29 is 13.2 Å². The first-order valence-corrected chi connectivity index (χ1v) is 7.39. The van der Waals surface area contributed by atoms with Crippen molar-refractivity contribution in [2.24, 2.45) is 0 Å². The quantitative estimate of drug-likeness (QED) is 0.540. The van der Waals surface area contributed by atoms with Crippen LogP contribution in [0.5, 0.6) is 0 Å². The standard InChI is InChI=1S/C18H23F3/c1-5-8-14(9-6-2)16(7-3)17-12-15(18(19,20)21)11-10-13(17)4/h7-8,10-12H,5-6,9H2,1-4H3/b14-8+,16-7-. The molecule has 0 saturated heterocycles. The molecule has 0 spiro atoms. The molecule has 0 aliphatic carbocycles. The summed E-state index contributed by atoms with van der Waals surface area (Å²) in [5, 5.41) is 0. The van der Waals surface area contributed by atoms with Crippen LogP contribution in [0, 0.1) is 6.92 Å². The number of alkyl halides is 3. The smallest absolute Gasteiger partial charge is 0.166 e. The summed E-state index contributed by atoms with van der Waals surface area (Å²) in [6.45, 7) is 7.86. The summed E-state index contributed by atoms with van der Waals surface area (Å²) in [4.78, 5) is 0. The van der Waals surface area contributed by atoms with Crippen LogP contribution >= 0.6 is 0 Å². The SMILES string of the molecule is C/C=C(/C(=C/CC)CCC)c1cc(C(F)(F)F)ccc1C. The third-order valence-corrected chi connectivity index (χ3v) is 3.46. The molecule has 0 aliphatic rings. The van der Waals surface area contributed by atoms with Gasteiger partial charge in [-0.15, -0.1) is 0 Å². The lowest BCUT2D eigenvalue weighted by Gasteiger charge is -2.17. The highest BCUT2D eigenvalue weighted by molar-refractivity contribution is 5.80. The number of allylic oxidation sites excluding steroid dienone is 4. The van der Waals surface area contributed by atoms with E-state index in [2.05, 4.69) is 13.0 Å². The normalized spacial score (nSPS) is 13.7. The lowest BCUT2D eigenvalue weighted by atomic mass is 9.90. The predicted octanol–water partition coefficient (Wildman–Crippen LogP) is 6.55. The fourth-order valence-corrected chi connectivity index (χ4v) is 2.46. The van der Waals surface area contributed by atoms with Crippen molar-refractivity contribution in [1.82, 2.24) is 0 Å². The Balaban J connectivity index is 3.38. The maximum atomic E-state index is 12.9. The maximum absolute atomic E-state index is 12.9. The van der Waals surface area contributed by atoms with E-state index >= 15 is 0 Å². The van der Waals surface area contributed by atoms with Crippen molar-refractivity contribution in [3.05, 3.63) is 52.6 Å². The van der Waals surface area contributed by atoms with E-state index in [1.165, 1.54) is 6.07 Å². The summed E-state index contributed by atoms with van der Waals surface area (Å²) in [5.74, 6) is 0. The second-order valence-electron chi connectivity index (χ2n) is 5.12. The van der Waals surface area contributed by atoms with Gasteiger partial charge >= 0.3 is 6.18 Å².